The second kappa shape index (κ2) is 4.35. The number of benzene rings is 1. The van der Waals surface area contributed by atoms with E-state index in [1.54, 1.807) is 0 Å². The molecule has 1 nitrogen and oxygen atoms in total. The van der Waals surface area contributed by atoms with Crippen LogP contribution in [0.4, 0.5) is 5.69 Å². The van der Waals surface area contributed by atoms with Crippen molar-refractivity contribution in [2.45, 2.75) is 38.0 Å². The van der Waals surface area contributed by atoms with Gasteiger partial charge in [-0.2, -0.15) is 0 Å². The smallest absolute Gasteiger partial charge is 0.0360 e. The van der Waals surface area contributed by atoms with Crippen LogP contribution in [0.25, 0.3) is 0 Å². The molecule has 1 aliphatic rings. The van der Waals surface area contributed by atoms with Gasteiger partial charge in [-0.15, -0.1) is 0 Å². The van der Waals surface area contributed by atoms with E-state index >= 15 is 0 Å². The van der Waals surface area contributed by atoms with Crippen LogP contribution in [0.2, 0.25) is 0 Å². The van der Waals surface area contributed by atoms with Gasteiger partial charge < -0.3 is 5.73 Å². The molecule has 0 saturated heterocycles. The summed E-state index contributed by atoms with van der Waals surface area (Å²) >= 11 is 3.44. The summed E-state index contributed by atoms with van der Waals surface area (Å²) in [4.78, 5) is 0. The standard InChI is InChI=1S/C12H16BrN/c13-10-6-7-11(12(14)8-10)9-4-2-1-3-5-9/h6-9H,1-5,14H2. The highest BCUT2D eigenvalue weighted by Crippen LogP contribution is 2.36. The molecule has 0 heterocycles. The number of hydrogen-bond donors (Lipinski definition) is 1. The number of hydrogen-bond acceptors (Lipinski definition) is 1. The van der Waals surface area contributed by atoms with Crippen molar-refractivity contribution in [3.05, 3.63) is 28.2 Å². The van der Waals surface area contributed by atoms with Gasteiger partial charge in [0.25, 0.3) is 0 Å². The Bertz CT molecular complexity index is 316. The Morgan fingerprint density at radius 2 is 1.86 bits per heavy atom. The monoisotopic (exact) mass is 253 g/mol. The normalized spacial score (nSPS) is 18.4. The van der Waals surface area contributed by atoms with Crippen LogP contribution in [0.15, 0.2) is 22.7 Å². The number of nitrogens with two attached hydrogens (primary N) is 1. The van der Waals surface area contributed by atoms with Crippen molar-refractivity contribution in [3.63, 3.8) is 0 Å². The lowest BCUT2D eigenvalue weighted by molar-refractivity contribution is 0.444. The van der Waals surface area contributed by atoms with Crippen molar-refractivity contribution in [3.8, 4) is 0 Å². The lowest BCUT2D eigenvalue weighted by Crippen LogP contribution is -2.07. The molecule has 1 aromatic rings. The lowest BCUT2D eigenvalue weighted by Gasteiger charge is -2.23. The first-order valence-corrected chi connectivity index (χ1v) is 6.11. The SMILES string of the molecule is Nc1cc(Br)ccc1C1CCCCC1. The summed E-state index contributed by atoms with van der Waals surface area (Å²) in [5, 5.41) is 0. The van der Waals surface area contributed by atoms with Crippen LogP contribution in [0.3, 0.4) is 0 Å². The highest BCUT2D eigenvalue weighted by Gasteiger charge is 2.17. The number of rotatable bonds is 1. The first kappa shape index (κ1) is 10.0. The molecule has 0 unspecified atom stereocenters. The second-order valence-corrected chi connectivity index (χ2v) is 5.02. The Hall–Kier alpha value is -0.500. The van der Waals surface area contributed by atoms with E-state index in [2.05, 4.69) is 28.1 Å². The lowest BCUT2D eigenvalue weighted by atomic mass is 9.83. The van der Waals surface area contributed by atoms with Crippen LogP contribution < -0.4 is 5.73 Å². The van der Waals surface area contributed by atoms with E-state index < -0.39 is 0 Å². The predicted molar refractivity (Wildman–Crippen MR) is 64.4 cm³/mol. The fraction of sp³-hybridized carbons (Fsp3) is 0.500. The minimum absolute atomic E-state index is 0.705. The molecule has 0 bridgehead atoms. The molecule has 1 saturated carbocycles. The van der Waals surface area contributed by atoms with E-state index in [-0.39, 0.29) is 0 Å². The van der Waals surface area contributed by atoms with E-state index in [0.717, 1.165) is 10.2 Å². The highest BCUT2D eigenvalue weighted by atomic mass is 79.9. The Labute approximate surface area is 93.8 Å². The molecule has 2 rings (SSSR count). The van der Waals surface area contributed by atoms with E-state index in [9.17, 15) is 0 Å². The molecular weight excluding hydrogens is 238 g/mol. The third-order valence-electron chi connectivity index (χ3n) is 3.09. The molecule has 2 heteroatoms. The molecule has 0 aliphatic heterocycles. The van der Waals surface area contributed by atoms with Gasteiger partial charge in [0.2, 0.25) is 0 Å². The zero-order valence-electron chi connectivity index (χ0n) is 8.30. The van der Waals surface area contributed by atoms with Gasteiger partial charge >= 0.3 is 0 Å². The Morgan fingerprint density at radius 3 is 2.50 bits per heavy atom. The minimum atomic E-state index is 0.705. The van der Waals surface area contributed by atoms with Crippen LogP contribution in [0.5, 0.6) is 0 Å². The number of anilines is 1. The molecule has 0 radical (unpaired) electrons. The molecule has 1 aromatic carbocycles. The fourth-order valence-corrected chi connectivity index (χ4v) is 2.71. The van der Waals surface area contributed by atoms with E-state index in [0.29, 0.717) is 5.92 Å². The Kier molecular flexibility index (Phi) is 3.12. The molecule has 0 aromatic heterocycles. The van der Waals surface area contributed by atoms with Crippen LogP contribution in [-0.4, -0.2) is 0 Å². The number of halogens is 1. The summed E-state index contributed by atoms with van der Waals surface area (Å²) in [5.41, 5.74) is 8.33. The Morgan fingerprint density at radius 1 is 1.14 bits per heavy atom. The van der Waals surface area contributed by atoms with Gasteiger partial charge in [0, 0.05) is 10.2 Å². The molecule has 14 heavy (non-hydrogen) atoms. The first-order chi connectivity index (χ1) is 6.77. The maximum absolute atomic E-state index is 6.02. The summed E-state index contributed by atoms with van der Waals surface area (Å²) < 4.78 is 1.08. The van der Waals surface area contributed by atoms with Crippen molar-refractivity contribution in [2.24, 2.45) is 0 Å². The fourth-order valence-electron chi connectivity index (χ4n) is 2.33. The third-order valence-corrected chi connectivity index (χ3v) is 3.59. The van der Waals surface area contributed by atoms with Gasteiger partial charge in [0.15, 0.2) is 0 Å². The van der Waals surface area contributed by atoms with E-state index in [1.165, 1.54) is 37.7 Å². The molecule has 1 fully saturated rings. The molecule has 76 valence electrons. The summed E-state index contributed by atoms with van der Waals surface area (Å²) in [5.74, 6) is 0.705. The van der Waals surface area contributed by atoms with Crippen LogP contribution in [-0.2, 0) is 0 Å². The predicted octanol–water partition coefficient (Wildman–Crippen LogP) is 4.08. The summed E-state index contributed by atoms with van der Waals surface area (Å²) in [7, 11) is 0. The van der Waals surface area contributed by atoms with Crippen LogP contribution >= 0.6 is 15.9 Å². The maximum Gasteiger partial charge on any atom is 0.0360 e. The molecule has 2 N–H and O–H groups in total. The van der Waals surface area contributed by atoms with Gasteiger partial charge in [0.1, 0.15) is 0 Å². The second-order valence-electron chi connectivity index (χ2n) is 4.11. The van der Waals surface area contributed by atoms with Gasteiger partial charge in [-0.05, 0) is 36.5 Å². The van der Waals surface area contributed by atoms with Crippen molar-refractivity contribution in [1.29, 1.82) is 0 Å². The largest absolute Gasteiger partial charge is 0.398 e. The summed E-state index contributed by atoms with van der Waals surface area (Å²) in [6, 6.07) is 6.29. The molecule has 0 atom stereocenters. The van der Waals surface area contributed by atoms with Crippen molar-refractivity contribution in [2.75, 3.05) is 5.73 Å². The van der Waals surface area contributed by atoms with Gasteiger partial charge in [-0.3, -0.25) is 0 Å². The first-order valence-electron chi connectivity index (χ1n) is 5.32. The van der Waals surface area contributed by atoms with Crippen LogP contribution in [0, 0.1) is 0 Å². The minimum Gasteiger partial charge on any atom is -0.398 e. The summed E-state index contributed by atoms with van der Waals surface area (Å²) in [6.45, 7) is 0. The van der Waals surface area contributed by atoms with Crippen molar-refractivity contribution in [1.82, 2.24) is 0 Å². The molecular formula is C12H16BrN. The van der Waals surface area contributed by atoms with Crippen molar-refractivity contribution >= 4 is 21.6 Å². The average molecular weight is 254 g/mol. The average Bonchev–Trinajstić information content (AvgIpc) is 2.19. The maximum atomic E-state index is 6.02. The van der Waals surface area contributed by atoms with Gasteiger partial charge in [-0.25, -0.2) is 0 Å². The van der Waals surface area contributed by atoms with Gasteiger partial charge in [0.05, 0.1) is 0 Å². The zero-order chi connectivity index (χ0) is 9.97. The zero-order valence-corrected chi connectivity index (χ0v) is 9.89. The van der Waals surface area contributed by atoms with Crippen molar-refractivity contribution < 1.29 is 0 Å². The highest BCUT2D eigenvalue weighted by molar-refractivity contribution is 9.10. The molecule has 0 spiro atoms. The third kappa shape index (κ3) is 2.11. The van der Waals surface area contributed by atoms with E-state index in [4.69, 9.17) is 5.73 Å². The summed E-state index contributed by atoms with van der Waals surface area (Å²) in [6.07, 6.45) is 6.74. The topological polar surface area (TPSA) is 26.0 Å². The quantitative estimate of drug-likeness (QED) is 0.751. The van der Waals surface area contributed by atoms with E-state index in [1.807, 2.05) is 6.07 Å². The van der Waals surface area contributed by atoms with Gasteiger partial charge in [-0.1, -0.05) is 41.3 Å². The molecule has 0 amide bonds. The number of nitrogen functional groups attached to an aromatic ring is 1. The molecule has 1 aliphatic carbocycles. The Balaban J connectivity index is 2.22. The van der Waals surface area contributed by atoms with Crippen LogP contribution in [0.1, 0.15) is 43.6 Å².